The molecule has 1 aromatic carbocycles. The average Bonchev–Trinajstić information content (AvgIpc) is 3.18. The molecule has 166 valence electrons. The van der Waals surface area contributed by atoms with Crippen molar-refractivity contribution in [2.75, 3.05) is 26.7 Å². The highest BCUT2D eigenvalue weighted by molar-refractivity contribution is 5.94. The lowest BCUT2D eigenvalue weighted by Gasteiger charge is -2.50. The molecule has 0 atom stereocenters. The Bertz CT molecular complexity index is 1010. The minimum atomic E-state index is -0.519. The molecule has 0 saturated carbocycles. The number of hydrogen-bond donors (Lipinski definition) is 0. The Labute approximate surface area is 182 Å². The summed E-state index contributed by atoms with van der Waals surface area (Å²) in [6.07, 6.45) is 1.41. The summed E-state index contributed by atoms with van der Waals surface area (Å²) >= 11 is 0. The monoisotopic (exact) mass is 427 g/mol. The van der Waals surface area contributed by atoms with E-state index in [1.54, 1.807) is 17.9 Å². The largest absolute Gasteiger partial charge is 0.488 e. The van der Waals surface area contributed by atoms with E-state index in [4.69, 9.17) is 4.74 Å². The van der Waals surface area contributed by atoms with Crippen LogP contribution in [0.2, 0.25) is 0 Å². The third kappa shape index (κ3) is 3.76. The van der Waals surface area contributed by atoms with Gasteiger partial charge in [-0.1, -0.05) is 0 Å². The number of Topliss-reactive ketones (excluding diaryl/α,β-unsaturated/α-hetero) is 1. The van der Waals surface area contributed by atoms with Crippen molar-refractivity contribution >= 4 is 11.7 Å². The fourth-order valence-electron chi connectivity index (χ4n) is 4.97. The molecule has 0 N–H and O–H groups in total. The molecular formula is C24H30FN3O3. The van der Waals surface area contributed by atoms with Gasteiger partial charge in [-0.25, -0.2) is 4.39 Å². The smallest absolute Gasteiger partial charge is 0.253 e. The van der Waals surface area contributed by atoms with Crippen LogP contribution in [0.3, 0.4) is 0 Å². The molecule has 1 saturated heterocycles. The second-order valence-electron chi connectivity index (χ2n) is 8.87. The highest BCUT2D eigenvalue weighted by atomic mass is 19.1. The van der Waals surface area contributed by atoms with E-state index in [1.807, 2.05) is 19.9 Å². The van der Waals surface area contributed by atoms with E-state index >= 15 is 0 Å². The first kappa shape index (κ1) is 21.6. The number of rotatable bonds is 4. The molecule has 4 rings (SSSR count). The van der Waals surface area contributed by atoms with Crippen LogP contribution in [0.1, 0.15) is 60.2 Å². The maximum atomic E-state index is 14.4. The number of hydrogen-bond acceptors (Lipinski definition) is 4. The minimum absolute atomic E-state index is 0.0745. The van der Waals surface area contributed by atoms with Crippen LogP contribution in [0.15, 0.2) is 30.3 Å². The van der Waals surface area contributed by atoms with E-state index in [2.05, 4.69) is 22.6 Å². The van der Waals surface area contributed by atoms with Gasteiger partial charge in [0.05, 0.1) is 17.3 Å². The van der Waals surface area contributed by atoms with Crippen LogP contribution in [-0.2, 0) is 12.1 Å². The SMILES string of the molecule is CC(=O)c1ccc2n1CCN(C)C21CCN(C(=O)c2ccc(OC(C)C)c(F)c2)CC1. The van der Waals surface area contributed by atoms with Crippen LogP contribution >= 0.6 is 0 Å². The Morgan fingerprint density at radius 3 is 2.39 bits per heavy atom. The molecule has 2 aliphatic rings. The van der Waals surface area contributed by atoms with Crippen molar-refractivity contribution in [2.45, 2.75) is 51.8 Å². The summed E-state index contributed by atoms with van der Waals surface area (Å²) in [5, 5.41) is 0. The first-order valence-electron chi connectivity index (χ1n) is 10.9. The van der Waals surface area contributed by atoms with E-state index < -0.39 is 5.82 Å². The third-order valence-electron chi connectivity index (χ3n) is 6.63. The standard InChI is InChI=1S/C24H30FN3O3/c1-16(2)31-21-7-5-18(15-19(21)25)23(30)27-11-9-24(10-12-27)22-8-6-20(17(3)29)28(22)14-13-26(24)4/h5-8,15-16H,9-14H2,1-4H3. The molecule has 2 aliphatic heterocycles. The van der Waals surface area contributed by atoms with Gasteiger partial charge in [0.25, 0.3) is 5.91 Å². The maximum absolute atomic E-state index is 14.4. The van der Waals surface area contributed by atoms with Crippen molar-refractivity contribution in [1.82, 2.24) is 14.4 Å². The lowest BCUT2D eigenvalue weighted by atomic mass is 9.81. The normalized spacial score (nSPS) is 18.3. The zero-order valence-corrected chi connectivity index (χ0v) is 18.7. The number of carbonyl (C=O) groups excluding carboxylic acids is 2. The highest BCUT2D eigenvalue weighted by Gasteiger charge is 2.45. The van der Waals surface area contributed by atoms with Gasteiger partial charge in [0.15, 0.2) is 17.3 Å². The lowest BCUT2D eigenvalue weighted by molar-refractivity contribution is 0.0128. The third-order valence-corrected chi connectivity index (χ3v) is 6.63. The zero-order valence-electron chi connectivity index (χ0n) is 18.7. The molecule has 0 aliphatic carbocycles. The van der Waals surface area contributed by atoms with Crippen molar-refractivity contribution in [3.63, 3.8) is 0 Å². The lowest BCUT2D eigenvalue weighted by Crippen LogP contribution is -2.56. The average molecular weight is 428 g/mol. The number of ether oxygens (including phenoxy) is 1. The Morgan fingerprint density at radius 1 is 1.06 bits per heavy atom. The molecule has 2 aromatic rings. The fourth-order valence-corrected chi connectivity index (χ4v) is 4.97. The molecule has 0 unspecified atom stereocenters. The van der Waals surface area contributed by atoms with Crippen LogP contribution in [0.25, 0.3) is 0 Å². The van der Waals surface area contributed by atoms with Crippen molar-refractivity contribution in [3.05, 3.63) is 53.1 Å². The van der Waals surface area contributed by atoms with E-state index in [-0.39, 0.29) is 29.1 Å². The van der Waals surface area contributed by atoms with Crippen molar-refractivity contribution < 1.29 is 18.7 Å². The predicted octanol–water partition coefficient (Wildman–Crippen LogP) is 3.69. The van der Waals surface area contributed by atoms with Crippen LogP contribution in [0.5, 0.6) is 5.75 Å². The van der Waals surface area contributed by atoms with Crippen LogP contribution in [-0.4, -0.2) is 58.8 Å². The number of likely N-dealkylation sites (tertiary alicyclic amines) is 1. The molecular weight excluding hydrogens is 397 g/mol. The summed E-state index contributed by atoms with van der Waals surface area (Å²) in [6.45, 7) is 8.08. The number of amides is 1. The maximum Gasteiger partial charge on any atom is 0.253 e. The minimum Gasteiger partial charge on any atom is -0.488 e. The van der Waals surface area contributed by atoms with Crippen molar-refractivity contribution in [2.24, 2.45) is 0 Å². The van der Waals surface area contributed by atoms with Gasteiger partial charge in [-0.15, -0.1) is 0 Å². The molecule has 1 amide bonds. The highest BCUT2D eigenvalue weighted by Crippen LogP contribution is 2.41. The Morgan fingerprint density at radius 2 is 1.77 bits per heavy atom. The number of carbonyl (C=O) groups is 2. The summed E-state index contributed by atoms with van der Waals surface area (Å²) in [6, 6.07) is 8.40. The van der Waals surface area contributed by atoms with E-state index in [1.165, 1.54) is 12.1 Å². The van der Waals surface area contributed by atoms with Crippen molar-refractivity contribution in [3.8, 4) is 5.75 Å². The predicted molar refractivity (Wildman–Crippen MR) is 116 cm³/mol. The second-order valence-corrected chi connectivity index (χ2v) is 8.87. The number of likely N-dealkylation sites (N-methyl/N-ethyl adjacent to an activating group) is 1. The topological polar surface area (TPSA) is 54.8 Å². The molecule has 3 heterocycles. The fraction of sp³-hybridized carbons (Fsp3) is 0.500. The van der Waals surface area contributed by atoms with Crippen LogP contribution in [0.4, 0.5) is 4.39 Å². The van der Waals surface area contributed by atoms with E-state index in [0.717, 1.165) is 37.3 Å². The Balaban J connectivity index is 1.52. The molecule has 1 aromatic heterocycles. The summed E-state index contributed by atoms with van der Waals surface area (Å²) in [7, 11) is 2.12. The first-order valence-corrected chi connectivity index (χ1v) is 10.9. The number of aromatic nitrogens is 1. The van der Waals surface area contributed by atoms with Gasteiger partial charge in [0.1, 0.15) is 0 Å². The molecule has 7 heteroatoms. The molecule has 0 radical (unpaired) electrons. The van der Waals surface area contributed by atoms with Gasteiger partial charge < -0.3 is 14.2 Å². The van der Waals surface area contributed by atoms with Crippen LogP contribution in [0, 0.1) is 5.82 Å². The van der Waals surface area contributed by atoms with Crippen molar-refractivity contribution in [1.29, 1.82) is 0 Å². The number of benzene rings is 1. The molecule has 0 bridgehead atoms. The van der Waals surface area contributed by atoms with Gasteiger partial charge in [0.2, 0.25) is 0 Å². The molecule has 1 fully saturated rings. The summed E-state index contributed by atoms with van der Waals surface area (Å²) < 4.78 is 21.9. The zero-order chi connectivity index (χ0) is 22.3. The van der Waals surface area contributed by atoms with E-state index in [9.17, 15) is 14.0 Å². The summed E-state index contributed by atoms with van der Waals surface area (Å²) in [5.41, 5.74) is 2.05. The quantitative estimate of drug-likeness (QED) is 0.699. The van der Waals surface area contributed by atoms with Crippen LogP contribution < -0.4 is 4.74 Å². The molecule has 6 nitrogen and oxygen atoms in total. The summed E-state index contributed by atoms with van der Waals surface area (Å²) in [4.78, 5) is 29.2. The van der Waals surface area contributed by atoms with Gasteiger partial charge in [-0.05, 0) is 64.1 Å². The number of piperidine rings is 1. The summed E-state index contributed by atoms with van der Waals surface area (Å²) in [5.74, 6) is -0.446. The van der Waals surface area contributed by atoms with Gasteiger partial charge >= 0.3 is 0 Å². The molecule has 31 heavy (non-hydrogen) atoms. The Hall–Kier alpha value is -2.67. The van der Waals surface area contributed by atoms with Gasteiger partial charge in [-0.2, -0.15) is 0 Å². The van der Waals surface area contributed by atoms with E-state index in [0.29, 0.717) is 18.7 Å². The number of nitrogens with zero attached hydrogens (tertiary/aromatic N) is 3. The first-order chi connectivity index (χ1) is 14.7. The van der Waals surface area contributed by atoms with Gasteiger partial charge in [0, 0.05) is 44.4 Å². The number of halogens is 1. The van der Waals surface area contributed by atoms with Gasteiger partial charge in [-0.3, -0.25) is 14.5 Å². The molecule has 1 spiro atoms. The Kier molecular flexibility index (Phi) is 5.64. The number of ketones is 1. The number of fused-ring (bicyclic) bond motifs is 2. The second kappa shape index (κ2) is 8.11.